The van der Waals surface area contributed by atoms with Gasteiger partial charge in [0.15, 0.2) is 0 Å². The molecule has 1 heterocycles. The zero-order chi connectivity index (χ0) is 12.5. The first-order valence-corrected chi connectivity index (χ1v) is 5.98. The van der Waals surface area contributed by atoms with Crippen molar-refractivity contribution in [3.8, 4) is 0 Å². The standard InChI is InChI=1S/C12H22N4O/c1-10(2)8-13-9-11-4-5-12(16-15-11)14-6-7-17-3/h4-5,10,13H,6-9H2,1-3H3,(H,14,16). The van der Waals surface area contributed by atoms with Crippen LogP contribution in [0.4, 0.5) is 5.82 Å². The van der Waals surface area contributed by atoms with Gasteiger partial charge in [-0.15, -0.1) is 5.10 Å². The van der Waals surface area contributed by atoms with Gasteiger partial charge < -0.3 is 15.4 Å². The van der Waals surface area contributed by atoms with Crippen LogP contribution in [-0.4, -0.2) is 37.0 Å². The van der Waals surface area contributed by atoms with Crippen molar-refractivity contribution < 1.29 is 4.74 Å². The van der Waals surface area contributed by atoms with E-state index in [1.807, 2.05) is 12.1 Å². The van der Waals surface area contributed by atoms with Gasteiger partial charge >= 0.3 is 0 Å². The maximum atomic E-state index is 4.94. The molecule has 0 unspecified atom stereocenters. The summed E-state index contributed by atoms with van der Waals surface area (Å²) in [6, 6.07) is 3.92. The van der Waals surface area contributed by atoms with Crippen LogP contribution in [0.5, 0.6) is 0 Å². The minimum atomic E-state index is 0.651. The van der Waals surface area contributed by atoms with Crippen LogP contribution in [0.2, 0.25) is 0 Å². The lowest BCUT2D eigenvalue weighted by molar-refractivity contribution is 0.210. The number of anilines is 1. The molecule has 2 N–H and O–H groups in total. The lowest BCUT2D eigenvalue weighted by Crippen LogP contribution is -2.20. The van der Waals surface area contributed by atoms with E-state index in [0.717, 1.165) is 31.1 Å². The van der Waals surface area contributed by atoms with Gasteiger partial charge in [0.2, 0.25) is 0 Å². The number of hydrogen-bond acceptors (Lipinski definition) is 5. The largest absolute Gasteiger partial charge is 0.383 e. The molecule has 5 nitrogen and oxygen atoms in total. The molecule has 96 valence electrons. The van der Waals surface area contributed by atoms with E-state index in [-0.39, 0.29) is 0 Å². The molecule has 5 heteroatoms. The molecule has 0 atom stereocenters. The van der Waals surface area contributed by atoms with Crippen molar-refractivity contribution in [3.63, 3.8) is 0 Å². The van der Waals surface area contributed by atoms with Gasteiger partial charge in [-0.25, -0.2) is 0 Å². The van der Waals surface area contributed by atoms with Crippen molar-refractivity contribution in [2.24, 2.45) is 5.92 Å². The number of nitrogens with one attached hydrogen (secondary N) is 2. The molecule has 0 amide bonds. The summed E-state index contributed by atoms with van der Waals surface area (Å²) in [5.74, 6) is 1.44. The highest BCUT2D eigenvalue weighted by Gasteiger charge is 1.98. The Morgan fingerprint density at radius 2 is 2.12 bits per heavy atom. The van der Waals surface area contributed by atoms with Crippen LogP contribution in [0.3, 0.4) is 0 Å². The Kier molecular flexibility index (Phi) is 6.50. The average Bonchev–Trinajstić information content (AvgIpc) is 2.31. The molecule has 0 fully saturated rings. The number of hydrogen-bond donors (Lipinski definition) is 2. The Morgan fingerprint density at radius 3 is 2.71 bits per heavy atom. The quantitative estimate of drug-likeness (QED) is 0.668. The minimum absolute atomic E-state index is 0.651. The Bertz CT molecular complexity index is 300. The molecule has 0 aliphatic heterocycles. The highest BCUT2D eigenvalue weighted by molar-refractivity contribution is 5.32. The van der Waals surface area contributed by atoms with Crippen molar-refractivity contribution in [1.82, 2.24) is 15.5 Å². The molecule has 1 aromatic rings. The molecule has 0 saturated carbocycles. The number of methoxy groups -OCH3 is 1. The zero-order valence-corrected chi connectivity index (χ0v) is 10.9. The summed E-state index contributed by atoms with van der Waals surface area (Å²) in [6.45, 7) is 7.54. The van der Waals surface area contributed by atoms with Crippen molar-refractivity contribution in [2.75, 3.05) is 32.1 Å². The van der Waals surface area contributed by atoms with Crippen molar-refractivity contribution in [1.29, 1.82) is 0 Å². The van der Waals surface area contributed by atoms with Gasteiger partial charge in [0.05, 0.1) is 12.3 Å². The van der Waals surface area contributed by atoms with Crippen molar-refractivity contribution in [3.05, 3.63) is 17.8 Å². The van der Waals surface area contributed by atoms with Crippen molar-refractivity contribution >= 4 is 5.82 Å². The number of rotatable bonds is 8. The molecule has 0 saturated heterocycles. The summed E-state index contributed by atoms with van der Waals surface area (Å²) in [7, 11) is 1.68. The molecular weight excluding hydrogens is 216 g/mol. The topological polar surface area (TPSA) is 59.1 Å². The highest BCUT2D eigenvalue weighted by atomic mass is 16.5. The third kappa shape index (κ3) is 6.19. The van der Waals surface area contributed by atoms with Gasteiger partial charge in [-0.1, -0.05) is 13.8 Å². The van der Waals surface area contributed by atoms with E-state index in [1.54, 1.807) is 7.11 Å². The Hall–Kier alpha value is -1.20. The van der Waals surface area contributed by atoms with Crippen LogP contribution >= 0.6 is 0 Å². The van der Waals surface area contributed by atoms with Gasteiger partial charge in [0.25, 0.3) is 0 Å². The summed E-state index contributed by atoms with van der Waals surface area (Å²) in [6.07, 6.45) is 0. The van der Waals surface area contributed by atoms with Gasteiger partial charge in [-0.2, -0.15) is 5.10 Å². The second-order valence-electron chi connectivity index (χ2n) is 4.35. The van der Waals surface area contributed by atoms with Crippen LogP contribution in [0.1, 0.15) is 19.5 Å². The minimum Gasteiger partial charge on any atom is -0.383 e. The Morgan fingerprint density at radius 1 is 1.29 bits per heavy atom. The van der Waals surface area contributed by atoms with Crippen LogP contribution in [0.25, 0.3) is 0 Å². The summed E-state index contributed by atoms with van der Waals surface area (Å²) in [4.78, 5) is 0. The fourth-order valence-electron chi connectivity index (χ4n) is 1.32. The van der Waals surface area contributed by atoms with Crippen LogP contribution in [-0.2, 0) is 11.3 Å². The van der Waals surface area contributed by atoms with E-state index in [2.05, 4.69) is 34.7 Å². The highest BCUT2D eigenvalue weighted by Crippen LogP contribution is 2.01. The second kappa shape index (κ2) is 7.97. The second-order valence-corrected chi connectivity index (χ2v) is 4.35. The van der Waals surface area contributed by atoms with Gasteiger partial charge in [0.1, 0.15) is 5.82 Å². The first kappa shape index (κ1) is 13.9. The maximum absolute atomic E-state index is 4.94. The predicted octanol–water partition coefficient (Wildman–Crippen LogP) is 1.28. The van der Waals surface area contributed by atoms with Crippen LogP contribution in [0.15, 0.2) is 12.1 Å². The Balaban J connectivity index is 2.29. The molecule has 1 rings (SSSR count). The molecule has 0 aliphatic carbocycles. The van der Waals surface area contributed by atoms with E-state index in [1.165, 1.54) is 0 Å². The van der Waals surface area contributed by atoms with E-state index >= 15 is 0 Å². The molecule has 0 aliphatic rings. The normalized spacial score (nSPS) is 10.8. The average molecular weight is 238 g/mol. The molecule has 0 radical (unpaired) electrons. The third-order valence-corrected chi connectivity index (χ3v) is 2.19. The fraction of sp³-hybridized carbons (Fsp3) is 0.667. The van der Waals surface area contributed by atoms with Gasteiger partial charge in [-0.3, -0.25) is 0 Å². The third-order valence-electron chi connectivity index (χ3n) is 2.19. The van der Waals surface area contributed by atoms with Crippen LogP contribution < -0.4 is 10.6 Å². The lowest BCUT2D eigenvalue weighted by atomic mass is 10.2. The molecule has 0 spiro atoms. The van der Waals surface area contributed by atoms with Gasteiger partial charge in [0, 0.05) is 20.2 Å². The smallest absolute Gasteiger partial charge is 0.148 e. The van der Waals surface area contributed by atoms with Gasteiger partial charge in [-0.05, 0) is 24.6 Å². The van der Waals surface area contributed by atoms with E-state index in [4.69, 9.17) is 4.74 Å². The first-order valence-electron chi connectivity index (χ1n) is 5.98. The molecular formula is C12H22N4O. The van der Waals surface area contributed by atoms with Crippen LogP contribution in [0, 0.1) is 5.92 Å². The zero-order valence-electron chi connectivity index (χ0n) is 10.9. The number of nitrogens with zero attached hydrogens (tertiary/aromatic N) is 2. The van der Waals surface area contributed by atoms with E-state index in [0.29, 0.717) is 12.5 Å². The fourth-order valence-corrected chi connectivity index (χ4v) is 1.32. The monoisotopic (exact) mass is 238 g/mol. The summed E-state index contributed by atoms with van der Waals surface area (Å²) in [5.41, 5.74) is 0.961. The summed E-state index contributed by atoms with van der Waals surface area (Å²) in [5, 5.41) is 14.7. The van der Waals surface area contributed by atoms with E-state index in [9.17, 15) is 0 Å². The maximum Gasteiger partial charge on any atom is 0.148 e. The van der Waals surface area contributed by atoms with Crippen molar-refractivity contribution in [2.45, 2.75) is 20.4 Å². The molecule has 0 bridgehead atoms. The Labute approximate surface area is 103 Å². The number of ether oxygens (including phenoxy) is 1. The first-order chi connectivity index (χ1) is 8.22. The SMILES string of the molecule is COCCNc1ccc(CNCC(C)C)nn1. The molecule has 1 aromatic heterocycles. The summed E-state index contributed by atoms with van der Waals surface area (Å²) >= 11 is 0. The number of aromatic nitrogens is 2. The predicted molar refractivity (Wildman–Crippen MR) is 68.9 cm³/mol. The molecule has 17 heavy (non-hydrogen) atoms. The molecule has 0 aromatic carbocycles. The summed E-state index contributed by atoms with van der Waals surface area (Å²) < 4.78 is 4.94. The lowest BCUT2D eigenvalue weighted by Gasteiger charge is -2.07. The van der Waals surface area contributed by atoms with E-state index < -0.39 is 0 Å².